The average molecular weight is 208 g/mol. The van der Waals surface area contributed by atoms with Crippen LogP contribution < -0.4 is 5.73 Å². The molecule has 1 atom stereocenters. The minimum Gasteiger partial charge on any atom is -0.446 e. The summed E-state index contributed by atoms with van der Waals surface area (Å²) < 4.78 is 6.72. The molecule has 2 rings (SSSR count). The van der Waals surface area contributed by atoms with E-state index in [1.807, 2.05) is 0 Å². The summed E-state index contributed by atoms with van der Waals surface area (Å²) in [4.78, 5) is 4.10. The molecule has 0 saturated carbocycles. The number of aliphatic hydroxyl groups is 1. The maximum absolute atomic E-state index is 9.21. The van der Waals surface area contributed by atoms with E-state index in [1.54, 1.807) is 24.0 Å². The van der Waals surface area contributed by atoms with Gasteiger partial charge < -0.3 is 15.3 Å². The zero-order valence-electron chi connectivity index (χ0n) is 8.29. The molecule has 0 aromatic carbocycles. The number of rotatable bonds is 3. The van der Waals surface area contributed by atoms with Gasteiger partial charge in [-0.3, -0.25) is 4.68 Å². The van der Waals surface area contributed by atoms with Gasteiger partial charge in [0.05, 0.1) is 18.4 Å². The normalized spacial score (nSPS) is 12.9. The minimum absolute atomic E-state index is 0.310. The highest BCUT2D eigenvalue weighted by Crippen LogP contribution is 2.12. The number of anilines is 1. The molecule has 6 nitrogen and oxygen atoms in total. The van der Waals surface area contributed by atoms with Crippen LogP contribution in [0.4, 0.5) is 5.69 Å². The molecular formula is C9H12N4O2. The van der Waals surface area contributed by atoms with Crippen molar-refractivity contribution in [2.45, 2.75) is 19.6 Å². The van der Waals surface area contributed by atoms with Gasteiger partial charge in [0.1, 0.15) is 18.1 Å². The van der Waals surface area contributed by atoms with Crippen LogP contribution in [0.1, 0.15) is 24.6 Å². The third kappa shape index (κ3) is 2.16. The van der Waals surface area contributed by atoms with E-state index in [0.717, 1.165) is 0 Å². The predicted molar refractivity (Wildman–Crippen MR) is 52.9 cm³/mol. The SMILES string of the molecule is CC(O)c1nc(Cn2cc(N)cn2)co1. The van der Waals surface area contributed by atoms with Crippen LogP contribution in [-0.4, -0.2) is 19.9 Å². The van der Waals surface area contributed by atoms with E-state index >= 15 is 0 Å². The fraction of sp³-hybridized carbons (Fsp3) is 0.333. The molecule has 15 heavy (non-hydrogen) atoms. The predicted octanol–water partition coefficient (Wildman–Crippen LogP) is 0.555. The third-order valence-corrected chi connectivity index (χ3v) is 1.90. The number of nitrogens with zero attached hydrogens (tertiary/aromatic N) is 3. The highest BCUT2D eigenvalue weighted by molar-refractivity contribution is 5.30. The summed E-state index contributed by atoms with van der Waals surface area (Å²) in [5, 5.41) is 13.2. The summed E-state index contributed by atoms with van der Waals surface area (Å²) in [6.07, 6.45) is 4.08. The van der Waals surface area contributed by atoms with Gasteiger partial charge in [-0.05, 0) is 6.92 Å². The van der Waals surface area contributed by atoms with E-state index in [2.05, 4.69) is 10.1 Å². The van der Waals surface area contributed by atoms with Crippen LogP contribution in [0.15, 0.2) is 23.1 Å². The van der Waals surface area contributed by atoms with Crippen LogP contribution in [0.5, 0.6) is 0 Å². The summed E-state index contributed by atoms with van der Waals surface area (Å²) in [5.41, 5.74) is 6.83. The third-order valence-electron chi connectivity index (χ3n) is 1.90. The van der Waals surface area contributed by atoms with E-state index < -0.39 is 6.10 Å². The molecule has 0 radical (unpaired) electrons. The van der Waals surface area contributed by atoms with Crippen molar-refractivity contribution in [3.63, 3.8) is 0 Å². The van der Waals surface area contributed by atoms with E-state index in [-0.39, 0.29) is 0 Å². The molecule has 0 aliphatic heterocycles. The van der Waals surface area contributed by atoms with Gasteiger partial charge in [-0.15, -0.1) is 0 Å². The maximum atomic E-state index is 9.21. The van der Waals surface area contributed by atoms with Crippen LogP contribution in [0, 0.1) is 0 Å². The summed E-state index contributed by atoms with van der Waals surface area (Å²) >= 11 is 0. The molecule has 2 aromatic heterocycles. The highest BCUT2D eigenvalue weighted by Gasteiger charge is 2.09. The van der Waals surface area contributed by atoms with Crippen molar-refractivity contribution in [3.05, 3.63) is 30.2 Å². The Morgan fingerprint density at radius 1 is 1.67 bits per heavy atom. The first-order valence-electron chi connectivity index (χ1n) is 4.55. The molecule has 0 fully saturated rings. The lowest BCUT2D eigenvalue weighted by Crippen LogP contribution is -2.01. The Labute approximate surface area is 86.3 Å². The van der Waals surface area contributed by atoms with Gasteiger partial charge in [0.2, 0.25) is 5.89 Å². The van der Waals surface area contributed by atoms with Gasteiger partial charge in [0.15, 0.2) is 0 Å². The lowest BCUT2D eigenvalue weighted by molar-refractivity contribution is 0.163. The topological polar surface area (TPSA) is 90.1 Å². The Kier molecular flexibility index (Phi) is 2.42. The summed E-state index contributed by atoms with van der Waals surface area (Å²) in [7, 11) is 0. The average Bonchev–Trinajstić information content (AvgIpc) is 2.76. The molecule has 0 spiro atoms. The summed E-state index contributed by atoms with van der Waals surface area (Å²) in [6, 6.07) is 0. The molecule has 80 valence electrons. The zero-order valence-corrected chi connectivity index (χ0v) is 8.29. The van der Waals surface area contributed by atoms with Crippen LogP contribution >= 0.6 is 0 Å². The van der Waals surface area contributed by atoms with E-state index in [1.165, 1.54) is 6.26 Å². The Morgan fingerprint density at radius 3 is 3.00 bits per heavy atom. The van der Waals surface area contributed by atoms with Crippen LogP contribution in [0.3, 0.4) is 0 Å². The fourth-order valence-corrected chi connectivity index (χ4v) is 1.22. The van der Waals surface area contributed by atoms with E-state index in [4.69, 9.17) is 10.2 Å². The van der Waals surface area contributed by atoms with Gasteiger partial charge in [-0.1, -0.05) is 0 Å². The van der Waals surface area contributed by atoms with Crippen molar-refractivity contribution >= 4 is 5.69 Å². The quantitative estimate of drug-likeness (QED) is 0.768. The van der Waals surface area contributed by atoms with Crippen molar-refractivity contribution in [1.82, 2.24) is 14.8 Å². The number of aliphatic hydroxyl groups excluding tert-OH is 1. The molecule has 0 bridgehead atoms. The Balaban J connectivity index is 2.11. The first kappa shape index (κ1) is 9.72. The Hall–Kier alpha value is -1.82. The second-order valence-corrected chi connectivity index (χ2v) is 3.32. The van der Waals surface area contributed by atoms with E-state index in [9.17, 15) is 5.11 Å². The second-order valence-electron chi connectivity index (χ2n) is 3.32. The minimum atomic E-state index is -0.693. The summed E-state index contributed by atoms with van der Waals surface area (Å²) in [6.45, 7) is 2.08. The second kappa shape index (κ2) is 3.74. The fourth-order valence-electron chi connectivity index (χ4n) is 1.22. The first-order chi connectivity index (χ1) is 7.15. The molecule has 0 saturated heterocycles. The first-order valence-corrected chi connectivity index (χ1v) is 4.55. The molecule has 6 heteroatoms. The zero-order chi connectivity index (χ0) is 10.8. The number of aromatic nitrogens is 3. The van der Waals surface area contributed by atoms with Crippen LogP contribution in [-0.2, 0) is 6.54 Å². The van der Waals surface area contributed by atoms with Crippen molar-refractivity contribution in [1.29, 1.82) is 0 Å². The molecule has 0 aliphatic carbocycles. The number of nitrogens with two attached hydrogens (primary N) is 1. The largest absolute Gasteiger partial charge is 0.446 e. The Morgan fingerprint density at radius 2 is 2.47 bits per heavy atom. The van der Waals surface area contributed by atoms with Gasteiger partial charge in [0.25, 0.3) is 0 Å². The molecule has 3 N–H and O–H groups in total. The molecule has 0 aliphatic rings. The van der Waals surface area contributed by atoms with Crippen LogP contribution in [0.25, 0.3) is 0 Å². The summed E-state index contributed by atoms with van der Waals surface area (Å²) in [5.74, 6) is 0.310. The molecular weight excluding hydrogens is 196 g/mol. The van der Waals surface area contributed by atoms with Crippen molar-refractivity contribution < 1.29 is 9.52 Å². The molecule has 0 amide bonds. The molecule has 1 unspecified atom stereocenters. The van der Waals surface area contributed by atoms with Gasteiger partial charge in [-0.25, -0.2) is 4.98 Å². The van der Waals surface area contributed by atoms with Crippen molar-refractivity contribution in [2.24, 2.45) is 0 Å². The highest BCUT2D eigenvalue weighted by atomic mass is 16.4. The standard InChI is InChI=1S/C9H12N4O2/c1-6(14)9-12-8(5-15-9)4-13-3-7(10)2-11-13/h2-3,5-6,14H,4,10H2,1H3. The van der Waals surface area contributed by atoms with E-state index in [0.29, 0.717) is 23.8 Å². The lowest BCUT2D eigenvalue weighted by atomic mass is 10.4. The monoisotopic (exact) mass is 208 g/mol. The van der Waals surface area contributed by atoms with Gasteiger partial charge in [-0.2, -0.15) is 5.10 Å². The van der Waals surface area contributed by atoms with Gasteiger partial charge >= 0.3 is 0 Å². The van der Waals surface area contributed by atoms with Crippen LogP contribution in [0.2, 0.25) is 0 Å². The molecule has 2 heterocycles. The van der Waals surface area contributed by atoms with Crippen molar-refractivity contribution in [3.8, 4) is 0 Å². The van der Waals surface area contributed by atoms with Gasteiger partial charge in [0, 0.05) is 6.20 Å². The number of oxazole rings is 1. The Bertz CT molecular complexity index is 446. The number of hydrogen-bond acceptors (Lipinski definition) is 5. The lowest BCUT2D eigenvalue weighted by Gasteiger charge is -1.96. The number of nitrogen functional groups attached to an aromatic ring is 1. The molecule has 2 aromatic rings. The smallest absolute Gasteiger partial charge is 0.222 e. The van der Waals surface area contributed by atoms with Crippen molar-refractivity contribution in [2.75, 3.05) is 5.73 Å². The maximum Gasteiger partial charge on any atom is 0.222 e. The number of hydrogen-bond donors (Lipinski definition) is 2.